The van der Waals surface area contributed by atoms with Crippen LogP contribution in [-0.2, 0) is 9.59 Å². The van der Waals surface area contributed by atoms with Crippen LogP contribution < -0.4 is 14.8 Å². The maximum atomic E-state index is 13.8. The Kier molecular flexibility index (Phi) is 5.91. The number of para-hydroxylation sites is 2. The predicted octanol–water partition coefficient (Wildman–Crippen LogP) is 4.86. The van der Waals surface area contributed by atoms with Crippen molar-refractivity contribution in [2.45, 2.75) is 19.8 Å². The van der Waals surface area contributed by atoms with E-state index in [1.165, 1.54) is 10.0 Å². The number of nitrogens with zero attached hydrogens (tertiary/aromatic N) is 4. The Hall–Kier alpha value is -4.26. The highest BCUT2D eigenvalue weighted by atomic mass is 16.5. The van der Waals surface area contributed by atoms with E-state index in [2.05, 4.69) is 10.2 Å². The number of amides is 2. The minimum absolute atomic E-state index is 0.159. The summed E-state index contributed by atoms with van der Waals surface area (Å²) in [7, 11) is 1.61. The largest absolute Gasteiger partial charge is 0.497 e. The Labute approximate surface area is 204 Å². The van der Waals surface area contributed by atoms with Crippen molar-refractivity contribution in [3.63, 3.8) is 0 Å². The van der Waals surface area contributed by atoms with Gasteiger partial charge < -0.3 is 4.74 Å². The molecule has 35 heavy (non-hydrogen) atoms. The van der Waals surface area contributed by atoms with E-state index < -0.39 is 17.8 Å². The average Bonchev–Trinajstić information content (AvgIpc) is 3.36. The standard InChI is InChI=1S/C28H26N4O3/c1-18-24(27(33)31(29-18)21-10-6-4-7-11-21)26(20-14-16-23(35-3)17-15-20)25-19(2)30-32(28(25)34)22-12-8-5-9-13-22/h4-17,24-26H,1-3H3/t24-,25-/m1/s1. The zero-order valence-electron chi connectivity index (χ0n) is 19.8. The highest BCUT2D eigenvalue weighted by molar-refractivity contribution is 6.19. The molecule has 2 heterocycles. The van der Waals surface area contributed by atoms with Crippen LogP contribution in [0.1, 0.15) is 25.3 Å². The predicted molar refractivity (Wildman–Crippen MR) is 137 cm³/mol. The summed E-state index contributed by atoms with van der Waals surface area (Å²) >= 11 is 0. The van der Waals surface area contributed by atoms with Gasteiger partial charge in [0.05, 0.1) is 30.3 Å². The second-order valence-corrected chi connectivity index (χ2v) is 8.71. The lowest BCUT2D eigenvalue weighted by molar-refractivity contribution is -0.122. The maximum absolute atomic E-state index is 13.8. The van der Waals surface area contributed by atoms with E-state index >= 15 is 0 Å². The minimum atomic E-state index is -0.613. The fourth-order valence-electron chi connectivity index (χ4n) is 4.90. The summed E-state index contributed by atoms with van der Waals surface area (Å²) in [4.78, 5) is 27.6. The number of hydrogen-bond acceptors (Lipinski definition) is 5. The van der Waals surface area contributed by atoms with Gasteiger partial charge in [-0.2, -0.15) is 10.2 Å². The second-order valence-electron chi connectivity index (χ2n) is 8.71. The lowest BCUT2D eigenvalue weighted by Crippen LogP contribution is -2.40. The van der Waals surface area contributed by atoms with Crippen LogP contribution >= 0.6 is 0 Å². The summed E-state index contributed by atoms with van der Waals surface area (Å²) in [5.74, 6) is -1.31. The average molecular weight is 467 g/mol. The highest BCUT2D eigenvalue weighted by Gasteiger charge is 2.50. The van der Waals surface area contributed by atoms with Gasteiger partial charge in [-0.25, -0.2) is 10.0 Å². The van der Waals surface area contributed by atoms with Crippen LogP contribution in [0.4, 0.5) is 11.4 Å². The molecule has 0 saturated heterocycles. The van der Waals surface area contributed by atoms with Gasteiger partial charge in [0.25, 0.3) is 11.8 Å². The second kappa shape index (κ2) is 9.18. The summed E-state index contributed by atoms with van der Waals surface area (Å²) in [6.45, 7) is 3.70. The number of benzene rings is 3. The van der Waals surface area contributed by atoms with Crippen LogP contribution in [0.3, 0.4) is 0 Å². The molecule has 3 aromatic carbocycles. The van der Waals surface area contributed by atoms with Gasteiger partial charge in [0.2, 0.25) is 0 Å². The molecule has 5 rings (SSSR count). The van der Waals surface area contributed by atoms with E-state index in [9.17, 15) is 9.59 Å². The van der Waals surface area contributed by atoms with E-state index in [0.717, 1.165) is 5.56 Å². The third-order valence-electron chi connectivity index (χ3n) is 6.59. The molecule has 2 atom stereocenters. The fraction of sp³-hybridized carbons (Fsp3) is 0.214. The van der Waals surface area contributed by atoms with Crippen LogP contribution in [0.5, 0.6) is 5.75 Å². The third kappa shape index (κ3) is 3.99. The Bertz CT molecular complexity index is 1220. The molecule has 0 aromatic heterocycles. The molecule has 0 aliphatic carbocycles. The first-order valence-electron chi connectivity index (χ1n) is 11.5. The Morgan fingerprint density at radius 2 is 1.11 bits per heavy atom. The lowest BCUT2D eigenvalue weighted by atomic mass is 9.73. The summed E-state index contributed by atoms with van der Waals surface area (Å²) in [6, 6.07) is 26.2. The molecule has 2 aliphatic rings. The molecule has 2 aliphatic heterocycles. The number of hydrazone groups is 2. The van der Waals surface area contributed by atoms with E-state index in [1.807, 2.05) is 98.8 Å². The minimum Gasteiger partial charge on any atom is -0.497 e. The van der Waals surface area contributed by atoms with Gasteiger partial charge in [0.1, 0.15) is 5.75 Å². The first-order valence-corrected chi connectivity index (χ1v) is 11.5. The van der Waals surface area contributed by atoms with Crippen molar-refractivity contribution in [3.8, 4) is 5.75 Å². The fourth-order valence-corrected chi connectivity index (χ4v) is 4.90. The monoisotopic (exact) mass is 466 g/mol. The molecule has 7 nitrogen and oxygen atoms in total. The number of carbonyl (C=O) groups excluding carboxylic acids is 2. The number of anilines is 2. The molecule has 0 bridgehead atoms. The lowest BCUT2D eigenvalue weighted by Gasteiger charge is -2.28. The van der Waals surface area contributed by atoms with Crippen molar-refractivity contribution in [3.05, 3.63) is 90.5 Å². The zero-order valence-corrected chi connectivity index (χ0v) is 19.8. The third-order valence-corrected chi connectivity index (χ3v) is 6.59. The van der Waals surface area contributed by atoms with Gasteiger partial charge in [-0.1, -0.05) is 48.5 Å². The summed E-state index contributed by atoms with van der Waals surface area (Å²) in [5, 5.41) is 12.1. The number of hydrogen-bond donors (Lipinski definition) is 0. The van der Waals surface area contributed by atoms with Crippen molar-refractivity contribution < 1.29 is 14.3 Å². The summed E-state index contributed by atoms with van der Waals surface area (Å²) in [6.07, 6.45) is 0. The van der Waals surface area contributed by atoms with Crippen LogP contribution in [0, 0.1) is 11.8 Å². The Morgan fingerprint density at radius 1 is 0.686 bits per heavy atom. The van der Waals surface area contributed by atoms with Crippen molar-refractivity contribution in [2.24, 2.45) is 22.0 Å². The van der Waals surface area contributed by atoms with E-state index in [1.54, 1.807) is 7.11 Å². The Morgan fingerprint density at radius 3 is 1.51 bits per heavy atom. The molecule has 0 unspecified atom stereocenters. The zero-order chi connectivity index (χ0) is 24.5. The summed E-state index contributed by atoms with van der Waals surface area (Å²) < 4.78 is 5.34. The van der Waals surface area contributed by atoms with Gasteiger partial charge in [-0.05, 0) is 55.8 Å². The van der Waals surface area contributed by atoms with Crippen molar-refractivity contribution in [2.75, 3.05) is 17.1 Å². The molecule has 0 fully saturated rings. The van der Waals surface area contributed by atoms with E-state index in [4.69, 9.17) is 4.74 Å². The van der Waals surface area contributed by atoms with Crippen LogP contribution in [0.15, 0.2) is 95.1 Å². The molecule has 3 aromatic rings. The van der Waals surface area contributed by atoms with Gasteiger partial charge in [-0.3, -0.25) is 9.59 Å². The topological polar surface area (TPSA) is 74.6 Å². The van der Waals surface area contributed by atoms with E-state index in [0.29, 0.717) is 28.5 Å². The molecule has 0 N–H and O–H groups in total. The van der Waals surface area contributed by atoms with Crippen molar-refractivity contribution in [1.82, 2.24) is 0 Å². The molecule has 2 amide bonds. The number of rotatable bonds is 6. The molecular formula is C28H26N4O3. The normalized spacial score (nSPS) is 19.9. The maximum Gasteiger partial charge on any atom is 0.256 e. The molecule has 176 valence electrons. The first-order chi connectivity index (χ1) is 17.0. The van der Waals surface area contributed by atoms with Crippen molar-refractivity contribution >= 4 is 34.6 Å². The smallest absolute Gasteiger partial charge is 0.256 e. The SMILES string of the molecule is COc1ccc(C([C@@H]2C(=O)N(c3ccccc3)N=C2C)[C@@H]2C(=O)N(c3ccccc3)N=C2C)cc1. The number of carbonyl (C=O) groups is 2. The van der Waals surface area contributed by atoms with Gasteiger partial charge in [0.15, 0.2) is 0 Å². The van der Waals surface area contributed by atoms with Gasteiger partial charge in [-0.15, -0.1) is 0 Å². The molecule has 7 heteroatoms. The Balaban J connectivity index is 1.57. The molecule has 0 spiro atoms. The molecule has 0 radical (unpaired) electrons. The molecular weight excluding hydrogens is 440 g/mol. The van der Waals surface area contributed by atoms with E-state index in [-0.39, 0.29) is 11.8 Å². The first kappa shape index (κ1) is 22.5. The van der Waals surface area contributed by atoms with Crippen LogP contribution in [0.25, 0.3) is 0 Å². The number of methoxy groups -OCH3 is 1. The summed E-state index contributed by atoms with van der Waals surface area (Å²) in [5.41, 5.74) is 3.58. The van der Waals surface area contributed by atoms with Crippen LogP contribution in [-0.4, -0.2) is 30.3 Å². The van der Waals surface area contributed by atoms with Gasteiger partial charge >= 0.3 is 0 Å². The highest BCUT2D eigenvalue weighted by Crippen LogP contribution is 2.42. The molecule has 0 saturated carbocycles. The van der Waals surface area contributed by atoms with Crippen molar-refractivity contribution in [1.29, 1.82) is 0 Å². The van der Waals surface area contributed by atoms with Crippen LogP contribution in [0.2, 0.25) is 0 Å². The number of ether oxygens (including phenoxy) is 1. The quantitative estimate of drug-likeness (QED) is 0.521. The van der Waals surface area contributed by atoms with Gasteiger partial charge in [0, 0.05) is 17.3 Å².